The van der Waals surface area contributed by atoms with E-state index in [9.17, 15) is 9.59 Å². The van der Waals surface area contributed by atoms with Gasteiger partial charge in [0.1, 0.15) is 11.5 Å². The second kappa shape index (κ2) is 7.11. The maximum atomic E-state index is 12.6. The maximum Gasteiger partial charge on any atom is 0.275 e. The highest BCUT2D eigenvalue weighted by atomic mass is 35.5. The number of aryl methyl sites for hydroxylation is 2. The Morgan fingerprint density at radius 1 is 1.32 bits per heavy atom. The van der Waals surface area contributed by atoms with Crippen LogP contribution in [0.4, 0.5) is 0 Å². The SMILES string of the molecule is CCn1nc(C(=O)NCCc2ccc(C)o2)c(=O)c2cc(Cl)ccc21. The summed E-state index contributed by atoms with van der Waals surface area (Å²) in [5, 5.41) is 7.75. The van der Waals surface area contributed by atoms with Crippen molar-refractivity contribution in [2.45, 2.75) is 26.8 Å². The molecule has 1 amide bonds. The highest BCUT2D eigenvalue weighted by molar-refractivity contribution is 6.31. The predicted octanol–water partition coefficient (Wildman–Crippen LogP) is 2.94. The molecule has 2 heterocycles. The Labute approximate surface area is 149 Å². The molecule has 0 saturated heterocycles. The first-order valence-electron chi connectivity index (χ1n) is 8.03. The maximum absolute atomic E-state index is 12.6. The number of nitrogens with one attached hydrogen (secondary N) is 1. The van der Waals surface area contributed by atoms with Gasteiger partial charge in [0.25, 0.3) is 5.91 Å². The molecule has 0 unspecified atom stereocenters. The first kappa shape index (κ1) is 17.2. The fourth-order valence-electron chi connectivity index (χ4n) is 2.65. The van der Waals surface area contributed by atoms with E-state index in [0.29, 0.717) is 35.4 Å². The molecule has 0 aliphatic heterocycles. The van der Waals surface area contributed by atoms with E-state index in [-0.39, 0.29) is 5.69 Å². The number of rotatable bonds is 5. The van der Waals surface area contributed by atoms with Crippen LogP contribution >= 0.6 is 11.6 Å². The van der Waals surface area contributed by atoms with Crippen LogP contribution in [0.25, 0.3) is 10.9 Å². The zero-order valence-electron chi connectivity index (χ0n) is 14.0. The molecular weight excluding hydrogens is 342 g/mol. The molecule has 3 rings (SSSR count). The van der Waals surface area contributed by atoms with Gasteiger partial charge < -0.3 is 9.73 Å². The lowest BCUT2D eigenvalue weighted by molar-refractivity contribution is 0.0945. The Balaban J connectivity index is 1.85. The van der Waals surface area contributed by atoms with Gasteiger partial charge in [-0.2, -0.15) is 5.10 Å². The van der Waals surface area contributed by atoms with E-state index in [0.717, 1.165) is 11.5 Å². The summed E-state index contributed by atoms with van der Waals surface area (Å²) in [6, 6.07) is 8.72. The van der Waals surface area contributed by atoms with Gasteiger partial charge in [0.05, 0.1) is 10.9 Å². The average molecular weight is 360 g/mol. The summed E-state index contributed by atoms with van der Waals surface area (Å²) in [4.78, 5) is 25.0. The van der Waals surface area contributed by atoms with Crippen molar-refractivity contribution in [3.8, 4) is 0 Å². The molecule has 1 aromatic carbocycles. The number of hydrogen-bond acceptors (Lipinski definition) is 4. The van der Waals surface area contributed by atoms with Gasteiger partial charge >= 0.3 is 0 Å². The number of nitrogens with zero attached hydrogens (tertiary/aromatic N) is 2. The molecule has 6 nitrogen and oxygen atoms in total. The Morgan fingerprint density at radius 3 is 2.80 bits per heavy atom. The van der Waals surface area contributed by atoms with E-state index in [1.807, 2.05) is 26.0 Å². The predicted molar refractivity (Wildman–Crippen MR) is 96.2 cm³/mol. The molecule has 0 spiro atoms. The van der Waals surface area contributed by atoms with E-state index < -0.39 is 11.3 Å². The van der Waals surface area contributed by atoms with Gasteiger partial charge in [-0.15, -0.1) is 0 Å². The van der Waals surface area contributed by atoms with Crippen molar-refractivity contribution in [2.75, 3.05) is 6.54 Å². The standard InChI is InChI=1S/C18H18ClN3O3/c1-3-22-15-7-5-12(19)10-14(15)17(23)16(21-22)18(24)20-9-8-13-6-4-11(2)25-13/h4-7,10H,3,8-9H2,1-2H3,(H,20,24). The van der Waals surface area contributed by atoms with Gasteiger partial charge in [0.2, 0.25) is 5.43 Å². The van der Waals surface area contributed by atoms with Crippen LogP contribution in [0, 0.1) is 6.92 Å². The molecule has 25 heavy (non-hydrogen) atoms. The number of amides is 1. The Bertz CT molecular complexity index is 991. The minimum atomic E-state index is -0.502. The van der Waals surface area contributed by atoms with Gasteiger partial charge in [-0.05, 0) is 44.2 Å². The molecular formula is C18H18ClN3O3. The number of halogens is 1. The average Bonchev–Trinajstić information content (AvgIpc) is 3.00. The van der Waals surface area contributed by atoms with E-state index in [4.69, 9.17) is 16.0 Å². The van der Waals surface area contributed by atoms with Crippen molar-refractivity contribution < 1.29 is 9.21 Å². The van der Waals surface area contributed by atoms with Gasteiger partial charge in [0.15, 0.2) is 5.69 Å². The number of hydrogen-bond donors (Lipinski definition) is 1. The van der Waals surface area contributed by atoms with Crippen molar-refractivity contribution in [3.05, 3.63) is 62.8 Å². The second-order valence-corrected chi connectivity index (χ2v) is 6.11. The number of carbonyl (C=O) groups is 1. The third kappa shape index (κ3) is 3.58. The van der Waals surface area contributed by atoms with E-state index >= 15 is 0 Å². The third-order valence-corrected chi connectivity index (χ3v) is 4.12. The third-order valence-electron chi connectivity index (χ3n) is 3.88. The summed E-state index contributed by atoms with van der Waals surface area (Å²) >= 11 is 5.99. The molecule has 0 atom stereocenters. The van der Waals surface area contributed by atoms with Crippen LogP contribution in [0.3, 0.4) is 0 Å². The monoisotopic (exact) mass is 359 g/mol. The first-order valence-corrected chi connectivity index (χ1v) is 8.41. The molecule has 2 aromatic heterocycles. The fourth-order valence-corrected chi connectivity index (χ4v) is 2.83. The zero-order valence-corrected chi connectivity index (χ0v) is 14.8. The minimum absolute atomic E-state index is 0.132. The molecule has 0 saturated carbocycles. The summed E-state index contributed by atoms with van der Waals surface area (Å²) < 4.78 is 7.08. The lowest BCUT2D eigenvalue weighted by atomic mass is 10.2. The van der Waals surface area contributed by atoms with Crippen LogP contribution in [0.2, 0.25) is 5.02 Å². The molecule has 130 valence electrons. The smallest absolute Gasteiger partial charge is 0.275 e. The number of benzene rings is 1. The van der Waals surface area contributed by atoms with Crippen LogP contribution in [0.1, 0.15) is 28.9 Å². The number of fused-ring (bicyclic) bond motifs is 1. The minimum Gasteiger partial charge on any atom is -0.466 e. The van der Waals surface area contributed by atoms with Crippen LogP contribution in [0.5, 0.6) is 0 Å². The number of aromatic nitrogens is 2. The molecule has 0 radical (unpaired) electrons. The van der Waals surface area contributed by atoms with Crippen molar-refractivity contribution in [1.82, 2.24) is 15.1 Å². The summed E-state index contributed by atoms with van der Waals surface area (Å²) in [6.45, 7) is 4.64. The second-order valence-electron chi connectivity index (χ2n) is 5.67. The van der Waals surface area contributed by atoms with Crippen molar-refractivity contribution in [1.29, 1.82) is 0 Å². The van der Waals surface area contributed by atoms with Crippen LogP contribution < -0.4 is 10.7 Å². The van der Waals surface area contributed by atoms with Crippen LogP contribution in [0.15, 0.2) is 39.5 Å². The normalized spacial score (nSPS) is 11.0. The van der Waals surface area contributed by atoms with Crippen LogP contribution in [-0.4, -0.2) is 22.2 Å². The topological polar surface area (TPSA) is 77.1 Å². The highest BCUT2D eigenvalue weighted by Crippen LogP contribution is 2.16. The molecule has 0 fully saturated rings. The summed E-state index contributed by atoms with van der Waals surface area (Å²) in [5.74, 6) is 1.10. The lowest BCUT2D eigenvalue weighted by Crippen LogP contribution is -2.33. The van der Waals surface area contributed by atoms with E-state index in [2.05, 4.69) is 10.4 Å². The summed E-state index contributed by atoms with van der Waals surface area (Å²) in [6.07, 6.45) is 0.543. The van der Waals surface area contributed by atoms with Gasteiger partial charge in [0, 0.05) is 24.5 Å². The molecule has 3 aromatic rings. The van der Waals surface area contributed by atoms with Gasteiger partial charge in [-0.25, -0.2) is 0 Å². The summed E-state index contributed by atoms with van der Waals surface area (Å²) in [7, 11) is 0. The number of furan rings is 1. The van der Waals surface area contributed by atoms with Crippen molar-refractivity contribution in [3.63, 3.8) is 0 Å². The quantitative estimate of drug-likeness (QED) is 0.759. The first-order chi connectivity index (χ1) is 12.0. The van der Waals surface area contributed by atoms with Crippen LogP contribution in [-0.2, 0) is 13.0 Å². The summed E-state index contributed by atoms with van der Waals surface area (Å²) in [5.41, 5.74) is 0.0975. The fraction of sp³-hybridized carbons (Fsp3) is 0.278. The van der Waals surface area contributed by atoms with E-state index in [1.165, 1.54) is 0 Å². The van der Waals surface area contributed by atoms with E-state index in [1.54, 1.807) is 22.9 Å². The Kier molecular flexibility index (Phi) is 4.90. The van der Waals surface area contributed by atoms with Gasteiger partial charge in [-0.1, -0.05) is 11.6 Å². The Hall–Kier alpha value is -2.60. The molecule has 7 heteroatoms. The lowest BCUT2D eigenvalue weighted by Gasteiger charge is -2.10. The van der Waals surface area contributed by atoms with Crippen molar-refractivity contribution >= 4 is 28.4 Å². The van der Waals surface area contributed by atoms with Crippen molar-refractivity contribution in [2.24, 2.45) is 0 Å². The molecule has 0 aliphatic rings. The Morgan fingerprint density at radius 2 is 2.12 bits per heavy atom. The number of carbonyl (C=O) groups excluding carboxylic acids is 1. The largest absolute Gasteiger partial charge is 0.466 e. The van der Waals surface area contributed by atoms with Gasteiger partial charge in [-0.3, -0.25) is 14.3 Å². The molecule has 0 aliphatic carbocycles. The molecule has 1 N–H and O–H groups in total. The zero-order chi connectivity index (χ0) is 18.0. The highest BCUT2D eigenvalue weighted by Gasteiger charge is 2.17. The molecule has 0 bridgehead atoms.